The highest BCUT2D eigenvalue weighted by atomic mass is 32.1. The average molecular weight is 337 g/mol. The van der Waals surface area contributed by atoms with Gasteiger partial charge in [0, 0.05) is 22.9 Å². The molecule has 0 saturated heterocycles. The van der Waals surface area contributed by atoms with Gasteiger partial charge in [-0.05, 0) is 31.2 Å². The van der Waals surface area contributed by atoms with Crippen molar-refractivity contribution in [2.24, 2.45) is 0 Å². The van der Waals surface area contributed by atoms with Crippen LogP contribution in [0.25, 0.3) is 10.6 Å². The minimum atomic E-state index is 0.142. The fourth-order valence-corrected chi connectivity index (χ4v) is 3.11. The van der Waals surface area contributed by atoms with Crippen LogP contribution in [-0.4, -0.2) is 10.8 Å². The number of aromatic nitrogens is 1. The van der Waals surface area contributed by atoms with E-state index < -0.39 is 0 Å². The van der Waals surface area contributed by atoms with Gasteiger partial charge in [-0.2, -0.15) is 0 Å². The first kappa shape index (κ1) is 16.4. The molecule has 0 aliphatic heterocycles. The minimum Gasteiger partial charge on any atom is -0.487 e. The Labute approximate surface area is 146 Å². The lowest BCUT2D eigenvalue weighted by molar-refractivity contribution is 0.0988. The van der Waals surface area contributed by atoms with E-state index in [0.717, 1.165) is 27.6 Å². The summed E-state index contributed by atoms with van der Waals surface area (Å²) in [6.07, 6.45) is 0.515. The molecule has 0 N–H and O–H groups in total. The first-order chi connectivity index (χ1) is 11.7. The lowest BCUT2D eigenvalue weighted by atomic mass is 10.1. The lowest BCUT2D eigenvalue weighted by Crippen LogP contribution is -1.98. The number of benzene rings is 2. The molecule has 2 aromatic carbocycles. The van der Waals surface area contributed by atoms with Gasteiger partial charge in [0.05, 0.1) is 5.69 Å². The summed E-state index contributed by atoms with van der Waals surface area (Å²) >= 11 is 1.62. The summed E-state index contributed by atoms with van der Waals surface area (Å²) in [5, 5.41) is 3.02. The zero-order chi connectivity index (χ0) is 16.9. The average Bonchev–Trinajstić information content (AvgIpc) is 3.09. The maximum atomic E-state index is 11.6. The molecule has 0 bridgehead atoms. The molecule has 24 heavy (non-hydrogen) atoms. The van der Waals surface area contributed by atoms with Crippen LogP contribution in [0.2, 0.25) is 0 Å². The van der Waals surface area contributed by atoms with E-state index in [-0.39, 0.29) is 5.78 Å². The molecule has 0 radical (unpaired) electrons. The Hall–Kier alpha value is -2.46. The van der Waals surface area contributed by atoms with Crippen molar-refractivity contribution in [3.63, 3.8) is 0 Å². The van der Waals surface area contributed by atoms with E-state index in [1.54, 1.807) is 23.5 Å². The normalized spacial score (nSPS) is 10.6. The predicted octanol–water partition coefficient (Wildman–Crippen LogP) is 5.29. The Morgan fingerprint density at radius 3 is 2.46 bits per heavy atom. The van der Waals surface area contributed by atoms with Crippen molar-refractivity contribution in [1.82, 2.24) is 4.98 Å². The predicted molar refractivity (Wildman–Crippen MR) is 97.7 cm³/mol. The molecular weight excluding hydrogens is 318 g/mol. The molecule has 0 fully saturated rings. The van der Waals surface area contributed by atoms with Crippen molar-refractivity contribution in [3.05, 3.63) is 70.7 Å². The maximum absolute atomic E-state index is 11.6. The maximum Gasteiger partial charge on any atom is 0.162 e. The van der Waals surface area contributed by atoms with Crippen molar-refractivity contribution < 1.29 is 9.53 Å². The SMILES string of the molecule is CCC(=O)c1ccc(OCc2csc(-c3ccc(C)cc3)n2)cc1. The number of aryl methyl sites for hydroxylation is 1. The standard InChI is InChI=1S/C20H19NO2S/c1-3-19(22)15-8-10-18(11-9-15)23-12-17-13-24-20(21-17)16-6-4-14(2)5-7-16/h4-11,13H,3,12H2,1-2H3. The third-order valence-electron chi connectivity index (χ3n) is 3.73. The molecule has 3 nitrogen and oxygen atoms in total. The van der Waals surface area contributed by atoms with Gasteiger partial charge in [0.1, 0.15) is 17.4 Å². The van der Waals surface area contributed by atoms with E-state index in [2.05, 4.69) is 36.2 Å². The Morgan fingerprint density at radius 1 is 1.08 bits per heavy atom. The fraction of sp³-hybridized carbons (Fsp3) is 0.200. The molecule has 0 amide bonds. The molecule has 0 aliphatic rings. The zero-order valence-electron chi connectivity index (χ0n) is 13.8. The first-order valence-electron chi connectivity index (χ1n) is 7.93. The van der Waals surface area contributed by atoms with Gasteiger partial charge in [0.2, 0.25) is 0 Å². The Kier molecular flexibility index (Phi) is 5.06. The monoisotopic (exact) mass is 337 g/mol. The molecule has 4 heteroatoms. The van der Waals surface area contributed by atoms with E-state index in [4.69, 9.17) is 4.74 Å². The quantitative estimate of drug-likeness (QED) is 0.574. The first-order valence-corrected chi connectivity index (χ1v) is 8.81. The van der Waals surface area contributed by atoms with E-state index in [9.17, 15) is 4.79 Å². The Bertz CT molecular complexity index is 820. The van der Waals surface area contributed by atoms with Crippen molar-refractivity contribution in [2.45, 2.75) is 26.9 Å². The van der Waals surface area contributed by atoms with Gasteiger partial charge < -0.3 is 4.74 Å². The largest absolute Gasteiger partial charge is 0.487 e. The Morgan fingerprint density at radius 2 is 1.79 bits per heavy atom. The molecule has 122 valence electrons. The van der Waals surface area contributed by atoms with Gasteiger partial charge in [-0.3, -0.25) is 4.79 Å². The van der Waals surface area contributed by atoms with Crippen LogP contribution in [0.5, 0.6) is 5.75 Å². The molecule has 0 saturated carbocycles. The molecule has 0 atom stereocenters. The summed E-state index contributed by atoms with van der Waals surface area (Å²) in [5.41, 5.74) is 3.99. The molecule has 3 rings (SSSR count). The number of nitrogens with zero attached hydrogens (tertiary/aromatic N) is 1. The van der Waals surface area contributed by atoms with Crippen molar-refractivity contribution >= 4 is 17.1 Å². The van der Waals surface area contributed by atoms with Gasteiger partial charge in [-0.15, -0.1) is 11.3 Å². The smallest absolute Gasteiger partial charge is 0.162 e. The molecule has 0 unspecified atom stereocenters. The number of Topliss-reactive ketones (excluding diaryl/α,β-unsaturated/α-hetero) is 1. The van der Waals surface area contributed by atoms with Crippen LogP contribution >= 0.6 is 11.3 Å². The molecule has 3 aromatic rings. The van der Waals surface area contributed by atoms with E-state index in [1.807, 2.05) is 24.4 Å². The highest BCUT2D eigenvalue weighted by Gasteiger charge is 2.06. The third-order valence-corrected chi connectivity index (χ3v) is 4.67. The van der Waals surface area contributed by atoms with E-state index in [1.165, 1.54) is 5.56 Å². The van der Waals surface area contributed by atoms with Crippen LogP contribution in [-0.2, 0) is 6.61 Å². The summed E-state index contributed by atoms with van der Waals surface area (Å²) in [4.78, 5) is 16.2. The van der Waals surface area contributed by atoms with Gasteiger partial charge in [0.25, 0.3) is 0 Å². The second-order valence-corrected chi connectivity index (χ2v) is 6.46. The molecule has 0 aliphatic carbocycles. The van der Waals surface area contributed by atoms with Crippen LogP contribution in [0, 0.1) is 6.92 Å². The van der Waals surface area contributed by atoms with Crippen LogP contribution in [0.4, 0.5) is 0 Å². The van der Waals surface area contributed by atoms with Gasteiger partial charge >= 0.3 is 0 Å². The summed E-state index contributed by atoms with van der Waals surface area (Å²) in [7, 11) is 0. The van der Waals surface area contributed by atoms with E-state index >= 15 is 0 Å². The number of carbonyl (C=O) groups excluding carboxylic acids is 1. The molecule has 1 heterocycles. The lowest BCUT2D eigenvalue weighted by Gasteiger charge is -2.05. The van der Waals surface area contributed by atoms with Gasteiger partial charge in [-0.25, -0.2) is 4.98 Å². The van der Waals surface area contributed by atoms with Gasteiger partial charge in [0.15, 0.2) is 5.78 Å². The minimum absolute atomic E-state index is 0.142. The van der Waals surface area contributed by atoms with E-state index in [0.29, 0.717) is 13.0 Å². The number of carbonyl (C=O) groups is 1. The van der Waals surface area contributed by atoms with Crippen LogP contribution in [0.1, 0.15) is 35.0 Å². The number of rotatable bonds is 6. The molecule has 0 spiro atoms. The molecular formula is C20H19NO2S. The highest BCUT2D eigenvalue weighted by Crippen LogP contribution is 2.24. The molecule has 1 aromatic heterocycles. The van der Waals surface area contributed by atoms with Crippen molar-refractivity contribution in [3.8, 4) is 16.3 Å². The zero-order valence-corrected chi connectivity index (χ0v) is 14.6. The highest BCUT2D eigenvalue weighted by molar-refractivity contribution is 7.13. The summed E-state index contributed by atoms with van der Waals surface area (Å²) in [5.74, 6) is 0.885. The van der Waals surface area contributed by atoms with Gasteiger partial charge in [-0.1, -0.05) is 36.8 Å². The number of ether oxygens (including phenoxy) is 1. The second-order valence-electron chi connectivity index (χ2n) is 5.60. The number of hydrogen-bond donors (Lipinski definition) is 0. The topological polar surface area (TPSA) is 39.2 Å². The Balaban J connectivity index is 1.63. The van der Waals surface area contributed by atoms with Crippen molar-refractivity contribution in [2.75, 3.05) is 0 Å². The number of thiazole rings is 1. The summed E-state index contributed by atoms with van der Waals surface area (Å²) < 4.78 is 5.76. The fourth-order valence-electron chi connectivity index (χ4n) is 2.30. The number of ketones is 1. The second kappa shape index (κ2) is 7.41. The van der Waals surface area contributed by atoms with Crippen LogP contribution in [0.3, 0.4) is 0 Å². The number of hydrogen-bond acceptors (Lipinski definition) is 4. The third kappa shape index (κ3) is 3.89. The van der Waals surface area contributed by atoms with Crippen LogP contribution < -0.4 is 4.74 Å². The summed E-state index contributed by atoms with van der Waals surface area (Å²) in [6.45, 7) is 4.36. The van der Waals surface area contributed by atoms with Crippen molar-refractivity contribution in [1.29, 1.82) is 0 Å². The van der Waals surface area contributed by atoms with Crippen LogP contribution in [0.15, 0.2) is 53.9 Å². The summed E-state index contributed by atoms with van der Waals surface area (Å²) in [6, 6.07) is 15.6.